The van der Waals surface area contributed by atoms with E-state index in [0.29, 0.717) is 19.1 Å². The van der Waals surface area contributed by atoms with Crippen LogP contribution in [0.5, 0.6) is 0 Å². The molecule has 0 saturated carbocycles. The van der Waals surface area contributed by atoms with Gasteiger partial charge in [-0.15, -0.1) is 24.0 Å². The molecule has 0 heterocycles. The lowest BCUT2D eigenvalue weighted by molar-refractivity contribution is 0.0529. The zero-order valence-electron chi connectivity index (χ0n) is 18.6. The molecule has 0 radical (unpaired) electrons. The van der Waals surface area contributed by atoms with Gasteiger partial charge in [0.05, 0.1) is 0 Å². The molecule has 1 rings (SSSR count). The molecule has 8 heteroatoms. The van der Waals surface area contributed by atoms with Crippen LogP contribution in [0.2, 0.25) is 0 Å². The van der Waals surface area contributed by atoms with Crippen LogP contribution >= 0.6 is 24.0 Å². The van der Waals surface area contributed by atoms with E-state index in [-0.39, 0.29) is 24.0 Å². The molecule has 0 aliphatic carbocycles. The Morgan fingerprint density at radius 3 is 2.28 bits per heavy atom. The average Bonchev–Trinajstić information content (AvgIpc) is 2.62. The van der Waals surface area contributed by atoms with Gasteiger partial charge in [-0.3, -0.25) is 9.89 Å². The number of ether oxygens (including phenoxy) is 1. The molecule has 29 heavy (non-hydrogen) atoms. The molecule has 0 saturated heterocycles. The number of amides is 1. The summed E-state index contributed by atoms with van der Waals surface area (Å²) >= 11 is 0. The van der Waals surface area contributed by atoms with Gasteiger partial charge in [-0.05, 0) is 46.7 Å². The molecule has 0 aromatic heterocycles. The summed E-state index contributed by atoms with van der Waals surface area (Å²) in [7, 11) is 3.88. The third-order valence-corrected chi connectivity index (χ3v) is 4.19. The van der Waals surface area contributed by atoms with Crippen molar-refractivity contribution in [1.82, 2.24) is 20.9 Å². The molecule has 0 aliphatic heterocycles. The van der Waals surface area contributed by atoms with Crippen LogP contribution in [0, 0.1) is 0 Å². The van der Waals surface area contributed by atoms with Gasteiger partial charge in [0.2, 0.25) is 0 Å². The minimum atomic E-state index is -0.487. The van der Waals surface area contributed by atoms with Crippen LogP contribution in [0.15, 0.2) is 35.3 Å². The first-order valence-electron chi connectivity index (χ1n) is 9.87. The van der Waals surface area contributed by atoms with Crippen LogP contribution < -0.4 is 16.0 Å². The minimum absolute atomic E-state index is 0. The number of hydrogen-bond donors (Lipinski definition) is 3. The Morgan fingerprint density at radius 2 is 1.69 bits per heavy atom. The van der Waals surface area contributed by atoms with E-state index in [9.17, 15) is 4.79 Å². The van der Waals surface area contributed by atoms with E-state index in [4.69, 9.17) is 4.74 Å². The van der Waals surface area contributed by atoms with Crippen LogP contribution in [0.1, 0.15) is 39.7 Å². The standard InChI is InChI=1S/C21H37N5O2.HI/c1-17(26(6)16-18-10-8-7-9-11-18)12-13-23-19(22-5)24-14-15-25-20(27)28-21(2,3)4;/h7-11,17H,12-16H2,1-6H3,(H,25,27)(H2,22,23,24);1H. The molecule has 7 nitrogen and oxygen atoms in total. The molecule has 0 spiro atoms. The lowest BCUT2D eigenvalue weighted by atomic mass is 10.1. The van der Waals surface area contributed by atoms with Gasteiger partial charge in [0.15, 0.2) is 5.96 Å². The Labute approximate surface area is 193 Å². The van der Waals surface area contributed by atoms with Crippen molar-refractivity contribution in [2.45, 2.75) is 52.3 Å². The highest BCUT2D eigenvalue weighted by Gasteiger charge is 2.15. The summed E-state index contributed by atoms with van der Waals surface area (Å²) in [5.74, 6) is 0.726. The molecule has 1 aromatic rings. The SMILES string of the molecule is CN=C(NCCNC(=O)OC(C)(C)C)NCCC(C)N(C)Cc1ccccc1.I. The number of alkyl carbamates (subject to hydrolysis) is 1. The summed E-state index contributed by atoms with van der Waals surface area (Å²) in [4.78, 5) is 18.2. The Hall–Kier alpha value is -1.55. The second-order valence-corrected chi connectivity index (χ2v) is 7.89. The Bertz CT molecular complexity index is 605. The molecule has 1 aromatic carbocycles. The van der Waals surface area contributed by atoms with Gasteiger partial charge in [-0.2, -0.15) is 0 Å². The zero-order chi connectivity index (χ0) is 21.0. The first-order chi connectivity index (χ1) is 13.2. The molecule has 3 N–H and O–H groups in total. The summed E-state index contributed by atoms with van der Waals surface area (Å²) in [5, 5.41) is 9.22. The maximum atomic E-state index is 11.6. The first-order valence-corrected chi connectivity index (χ1v) is 9.87. The van der Waals surface area contributed by atoms with Gasteiger partial charge in [-0.1, -0.05) is 30.3 Å². The Balaban J connectivity index is 0.00000784. The lowest BCUT2D eigenvalue weighted by Gasteiger charge is -2.25. The van der Waals surface area contributed by atoms with Crippen LogP contribution in [-0.2, 0) is 11.3 Å². The van der Waals surface area contributed by atoms with E-state index in [0.717, 1.165) is 25.5 Å². The number of nitrogens with one attached hydrogen (secondary N) is 3. The fourth-order valence-corrected chi connectivity index (χ4v) is 2.53. The smallest absolute Gasteiger partial charge is 0.407 e. The number of carbonyl (C=O) groups is 1. The summed E-state index contributed by atoms with van der Waals surface area (Å²) in [6.07, 6.45) is 0.590. The highest BCUT2D eigenvalue weighted by molar-refractivity contribution is 14.0. The molecular weight excluding hydrogens is 481 g/mol. The van der Waals surface area contributed by atoms with E-state index in [1.165, 1.54) is 5.56 Å². The summed E-state index contributed by atoms with van der Waals surface area (Å²) in [5.41, 5.74) is 0.833. The normalized spacial score (nSPS) is 12.7. The van der Waals surface area contributed by atoms with Crippen molar-refractivity contribution < 1.29 is 9.53 Å². The number of benzene rings is 1. The average molecular weight is 519 g/mol. The van der Waals surface area contributed by atoms with Gasteiger partial charge in [0.1, 0.15) is 5.60 Å². The number of carbonyl (C=O) groups excluding carboxylic acids is 1. The second kappa shape index (κ2) is 14.4. The molecule has 166 valence electrons. The van der Waals surface area contributed by atoms with Gasteiger partial charge in [-0.25, -0.2) is 4.79 Å². The van der Waals surface area contributed by atoms with E-state index in [1.807, 2.05) is 26.8 Å². The van der Waals surface area contributed by atoms with E-state index >= 15 is 0 Å². The Kier molecular flexibility index (Phi) is 13.7. The van der Waals surface area contributed by atoms with Crippen molar-refractivity contribution in [3.8, 4) is 0 Å². The number of hydrogen-bond acceptors (Lipinski definition) is 4. The minimum Gasteiger partial charge on any atom is -0.444 e. The second-order valence-electron chi connectivity index (χ2n) is 7.89. The molecule has 1 unspecified atom stereocenters. The first kappa shape index (κ1) is 27.5. The number of nitrogens with zero attached hydrogens (tertiary/aromatic N) is 2. The van der Waals surface area contributed by atoms with Crippen LogP contribution in [0.25, 0.3) is 0 Å². The topological polar surface area (TPSA) is 78.0 Å². The fraction of sp³-hybridized carbons (Fsp3) is 0.619. The highest BCUT2D eigenvalue weighted by atomic mass is 127. The van der Waals surface area contributed by atoms with Crippen molar-refractivity contribution in [2.75, 3.05) is 33.7 Å². The summed E-state index contributed by atoms with van der Waals surface area (Å²) < 4.78 is 5.20. The monoisotopic (exact) mass is 519 g/mol. The van der Waals surface area contributed by atoms with E-state index < -0.39 is 11.7 Å². The van der Waals surface area contributed by atoms with E-state index in [2.05, 4.69) is 64.1 Å². The molecule has 0 aliphatic rings. The molecule has 1 amide bonds. The Morgan fingerprint density at radius 1 is 1.10 bits per heavy atom. The summed E-state index contributed by atoms with van der Waals surface area (Å²) in [6.45, 7) is 10.5. The van der Waals surface area contributed by atoms with Crippen molar-refractivity contribution in [3.05, 3.63) is 35.9 Å². The van der Waals surface area contributed by atoms with Crippen LogP contribution in [-0.4, -0.2) is 62.3 Å². The van der Waals surface area contributed by atoms with Crippen LogP contribution in [0.3, 0.4) is 0 Å². The van der Waals surface area contributed by atoms with Gasteiger partial charge >= 0.3 is 6.09 Å². The molecular formula is C21H38IN5O2. The molecule has 0 fully saturated rings. The fourth-order valence-electron chi connectivity index (χ4n) is 2.53. The molecule has 0 bridgehead atoms. The molecule has 1 atom stereocenters. The van der Waals surface area contributed by atoms with Crippen LogP contribution in [0.4, 0.5) is 4.79 Å². The third kappa shape index (κ3) is 13.3. The summed E-state index contributed by atoms with van der Waals surface area (Å²) in [6, 6.07) is 10.9. The van der Waals surface area contributed by atoms with Crippen molar-refractivity contribution in [3.63, 3.8) is 0 Å². The van der Waals surface area contributed by atoms with Crippen molar-refractivity contribution in [2.24, 2.45) is 4.99 Å². The predicted molar refractivity (Wildman–Crippen MR) is 131 cm³/mol. The van der Waals surface area contributed by atoms with Gasteiger partial charge in [0, 0.05) is 39.3 Å². The number of aliphatic imine (C=N–C) groups is 1. The number of rotatable bonds is 9. The largest absolute Gasteiger partial charge is 0.444 e. The number of halogens is 1. The van der Waals surface area contributed by atoms with Gasteiger partial charge < -0.3 is 20.7 Å². The maximum absolute atomic E-state index is 11.6. The maximum Gasteiger partial charge on any atom is 0.407 e. The van der Waals surface area contributed by atoms with Crippen molar-refractivity contribution >= 4 is 36.0 Å². The zero-order valence-corrected chi connectivity index (χ0v) is 20.9. The lowest BCUT2D eigenvalue weighted by Crippen LogP contribution is -2.43. The number of guanidine groups is 1. The predicted octanol–water partition coefficient (Wildman–Crippen LogP) is 3.20. The van der Waals surface area contributed by atoms with Crippen molar-refractivity contribution in [1.29, 1.82) is 0 Å². The highest BCUT2D eigenvalue weighted by Crippen LogP contribution is 2.08. The third-order valence-electron chi connectivity index (χ3n) is 4.19. The quantitative estimate of drug-likeness (QED) is 0.202. The van der Waals surface area contributed by atoms with Gasteiger partial charge in [0.25, 0.3) is 0 Å². The van der Waals surface area contributed by atoms with E-state index in [1.54, 1.807) is 7.05 Å².